The van der Waals surface area contributed by atoms with Gasteiger partial charge in [-0.1, -0.05) is 32.4 Å². The number of nitrogens with zero attached hydrogens (tertiary/aromatic N) is 2. The van der Waals surface area contributed by atoms with Crippen molar-refractivity contribution in [2.75, 3.05) is 31.5 Å². The molecule has 0 aliphatic rings. The molecule has 0 bridgehead atoms. The summed E-state index contributed by atoms with van der Waals surface area (Å²) < 4.78 is 27.2. The number of anilines is 1. The van der Waals surface area contributed by atoms with E-state index in [-0.39, 0.29) is 17.3 Å². The van der Waals surface area contributed by atoms with Crippen molar-refractivity contribution in [2.45, 2.75) is 32.2 Å². The van der Waals surface area contributed by atoms with Gasteiger partial charge in [-0.3, -0.25) is 9.69 Å². The average Bonchev–Trinajstić information content (AvgIpc) is 3.07. The molecule has 0 saturated carbocycles. The van der Waals surface area contributed by atoms with Gasteiger partial charge in [0.2, 0.25) is 15.9 Å². The first-order chi connectivity index (χ1) is 13.3. The first kappa shape index (κ1) is 22.8. The molecule has 0 aliphatic carbocycles. The second-order valence-electron chi connectivity index (χ2n) is 6.17. The van der Waals surface area contributed by atoms with Gasteiger partial charge < -0.3 is 5.32 Å². The first-order valence-electron chi connectivity index (χ1n) is 9.16. The standard InChI is InChI=1S/C19H26ClN3O3S2/c1-4-22(13-16-9-12-18(20)27-16)14-19(24)21-15-7-10-17(11-8-15)28(25,26)23(5-2)6-3/h7-12H,4-6,13-14H2,1-3H3,(H,21,24). The Morgan fingerprint density at radius 3 is 2.18 bits per heavy atom. The molecule has 1 aromatic carbocycles. The van der Waals surface area contributed by atoms with Crippen LogP contribution in [0.4, 0.5) is 5.69 Å². The Balaban J connectivity index is 1.98. The molecule has 0 atom stereocenters. The number of benzene rings is 1. The minimum absolute atomic E-state index is 0.149. The molecule has 0 fully saturated rings. The molecule has 9 heteroatoms. The lowest BCUT2D eigenvalue weighted by molar-refractivity contribution is -0.117. The third kappa shape index (κ3) is 6.02. The normalized spacial score (nSPS) is 11.9. The van der Waals surface area contributed by atoms with Crippen molar-refractivity contribution >= 4 is 44.6 Å². The zero-order valence-corrected chi connectivity index (χ0v) is 18.7. The summed E-state index contributed by atoms with van der Waals surface area (Å²) in [7, 11) is -3.50. The number of amides is 1. The molecule has 1 amide bonds. The molecule has 2 rings (SSSR count). The maximum absolute atomic E-state index is 12.5. The molecule has 0 unspecified atom stereocenters. The van der Waals surface area contributed by atoms with Gasteiger partial charge in [-0.15, -0.1) is 11.3 Å². The van der Waals surface area contributed by atoms with E-state index >= 15 is 0 Å². The molecule has 0 radical (unpaired) electrons. The van der Waals surface area contributed by atoms with E-state index in [0.717, 1.165) is 15.8 Å². The van der Waals surface area contributed by atoms with Gasteiger partial charge in [-0.25, -0.2) is 8.42 Å². The summed E-state index contributed by atoms with van der Waals surface area (Å²) in [5.41, 5.74) is 0.568. The van der Waals surface area contributed by atoms with Crippen molar-refractivity contribution in [3.05, 3.63) is 45.6 Å². The summed E-state index contributed by atoms with van der Waals surface area (Å²) in [6.45, 7) is 8.06. The highest BCUT2D eigenvalue weighted by Crippen LogP contribution is 2.23. The molecule has 6 nitrogen and oxygen atoms in total. The summed E-state index contributed by atoms with van der Waals surface area (Å²) in [6, 6.07) is 10.1. The van der Waals surface area contributed by atoms with E-state index in [2.05, 4.69) is 5.32 Å². The van der Waals surface area contributed by atoms with Crippen molar-refractivity contribution in [1.29, 1.82) is 0 Å². The number of carbonyl (C=O) groups is 1. The van der Waals surface area contributed by atoms with Gasteiger partial charge in [-0.05, 0) is 42.9 Å². The number of hydrogen-bond donors (Lipinski definition) is 1. The molecular formula is C19H26ClN3O3S2. The van der Waals surface area contributed by atoms with Crippen LogP contribution >= 0.6 is 22.9 Å². The van der Waals surface area contributed by atoms with Gasteiger partial charge in [0.25, 0.3) is 0 Å². The molecule has 28 heavy (non-hydrogen) atoms. The molecular weight excluding hydrogens is 418 g/mol. The van der Waals surface area contributed by atoms with Gasteiger partial charge >= 0.3 is 0 Å². The predicted octanol–water partition coefficient (Wildman–Crippen LogP) is 3.89. The van der Waals surface area contributed by atoms with Crippen LogP contribution in [0.15, 0.2) is 41.3 Å². The Morgan fingerprint density at radius 2 is 1.68 bits per heavy atom. The zero-order valence-electron chi connectivity index (χ0n) is 16.3. The number of nitrogens with one attached hydrogen (secondary N) is 1. The quantitative estimate of drug-likeness (QED) is 0.604. The van der Waals surface area contributed by atoms with Crippen LogP contribution < -0.4 is 5.32 Å². The minimum Gasteiger partial charge on any atom is -0.325 e. The van der Waals surface area contributed by atoms with Crippen LogP contribution in [-0.2, 0) is 21.4 Å². The number of halogens is 1. The average molecular weight is 444 g/mol. The van der Waals surface area contributed by atoms with Crippen LogP contribution in [0.25, 0.3) is 0 Å². The van der Waals surface area contributed by atoms with Gasteiger partial charge in [0.1, 0.15) is 0 Å². The van der Waals surface area contributed by atoms with Gasteiger partial charge in [-0.2, -0.15) is 4.31 Å². The van der Waals surface area contributed by atoms with Crippen molar-refractivity contribution in [3.63, 3.8) is 0 Å². The van der Waals surface area contributed by atoms with E-state index in [1.54, 1.807) is 26.0 Å². The highest BCUT2D eigenvalue weighted by molar-refractivity contribution is 7.89. The maximum Gasteiger partial charge on any atom is 0.243 e. The number of hydrogen-bond acceptors (Lipinski definition) is 5. The van der Waals surface area contributed by atoms with Crippen molar-refractivity contribution < 1.29 is 13.2 Å². The van der Waals surface area contributed by atoms with E-state index in [0.29, 0.717) is 25.3 Å². The van der Waals surface area contributed by atoms with E-state index in [4.69, 9.17) is 11.6 Å². The summed E-state index contributed by atoms with van der Waals surface area (Å²) >= 11 is 7.46. The minimum atomic E-state index is -3.50. The molecule has 1 N–H and O–H groups in total. The second kappa shape index (κ2) is 10.4. The molecule has 154 valence electrons. The second-order valence-corrected chi connectivity index (χ2v) is 9.91. The van der Waals surface area contributed by atoms with Crippen LogP contribution in [0.5, 0.6) is 0 Å². The Bertz CT molecular complexity index is 878. The molecule has 0 spiro atoms. The highest BCUT2D eigenvalue weighted by atomic mass is 35.5. The fraction of sp³-hybridized carbons (Fsp3) is 0.421. The summed E-state index contributed by atoms with van der Waals surface area (Å²) in [4.78, 5) is 15.7. The molecule has 1 heterocycles. The zero-order chi connectivity index (χ0) is 20.7. The van der Waals surface area contributed by atoms with Crippen LogP contribution in [0.3, 0.4) is 0 Å². The maximum atomic E-state index is 12.5. The van der Waals surface area contributed by atoms with E-state index in [1.165, 1.54) is 27.8 Å². The van der Waals surface area contributed by atoms with Crippen LogP contribution in [-0.4, -0.2) is 49.7 Å². The van der Waals surface area contributed by atoms with E-state index in [1.807, 2.05) is 24.0 Å². The summed E-state index contributed by atoms with van der Waals surface area (Å²) in [5.74, 6) is -0.149. The lowest BCUT2D eigenvalue weighted by Crippen LogP contribution is -2.32. The summed E-state index contributed by atoms with van der Waals surface area (Å²) in [6.07, 6.45) is 0. The van der Waals surface area contributed by atoms with Gasteiger partial charge in [0, 0.05) is 30.2 Å². The molecule has 2 aromatic rings. The van der Waals surface area contributed by atoms with E-state index < -0.39 is 10.0 Å². The smallest absolute Gasteiger partial charge is 0.243 e. The number of carbonyl (C=O) groups excluding carboxylic acids is 1. The number of sulfonamides is 1. The fourth-order valence-electron chi connectivity index (χ4n) is 2.76. The first-order valence-corrected chi connectivity index (χ1v) is 11.8. The monoisotopic (exact) mass is 443 g/mol. The Morgan fingerprint density at radius 1 is 1.04 bits per heavy atom. The number of thiophene rings is 1. The van der Waals surface area contributed by atoms with Crippen LogP contribution in [0.2, 0.25) is 4.34 Å². The highest BCUT2D eigenvalue weighted by Gasteiger charge is 2.21. The van der Waals surface area contributed by atoms with Gasteiger partial charge in [0.05, 0.1) is 15.8 Å². The van der Waals surface area contributed by atoms with Crippen LogP contribution in [0, 0.1) is 0 Å². The molecule has 0 saturated heterocycles. The third-order valence-corrected chi connectivity index (χ3v) is 7.58. The van der Waals surface area contributed by atoms with Crippen molar-refractivity contribution in [1.82, 2.24) is 9.21 Å². The number of rotatable bonds is 10. The Kier molecular flexibility index (Phi) is 8.45. The Hall–Kier alpha value is -1.45. The summed E-state index contributed by atoms with van der Waals surface area (Å²) in [5, 5.41) is 2.82. The van der Waals surface area contributed by atoms with E-state index in [9.17, 15) is 13.2 Å². The van der Waals surface area contributed by atoms with Crippen molar-refractivity contribution in [3.8, 4) is 0 Å². The fourth-order valence-corrected chi connectivity index (χ4v) is 5.35. The third-order valence-electron chi connectivity index (χ3n) is 4.30. The molecule has 0 aliphatic heterocycles. The Labute approximate surface area is 176 Å². The van der Waals surface area contributed by atoms with Crippen LogP contribution in [0.1, 0.15) is 25.6 Å². The van der Waals surface area contributed by atoms with Crippen molar-refractivity contribution in [2.24, 2.45) is 0 Å². The number of likely N-dealkylation sites (N-methyl/N-ethyl adjacent to an activating group) is 1. The topological polar surface area (TPSA) is 69.7 Å². The predicted molar refractivity (Wildman–Crippen MR) is 115 cm³/mol. The lowest BCUT2D eigenvalue weighted by Gasteiger charge is -2.20. The SMILES string of the molecule is CCN(CC(=O)Nc1ccc(S(=O)(=O)N(CC)CC)cc1)Cc1ccc(Cl)s1. The van der Waals surface area contributed by atoms with Gasteiger partial charge in [0.15, 0.2) is 0 Å². The largest absolute Gasteiger partial charge is 0.325 e. The lowest BCUT2D eigenvalue weighted by atomic mass is 10.3. The molecule has 1 aromatic heterocycles.